The zero-order valence-electron chi connectivity index (χ0n) is 88.8. The van der Waals surface area contributed by atoms with Crippen LogP contribution in [0.3, 0.4) is 0 Å². The van der Waals surface area contributed by atoms with Crippen LogP contribution in [0.25, 0.3) is 0 Å². The fourth-order valence-electron chi connectivity index (χ4n) is 17.8. The first-order valence-corrected chi connectivity index (χ1v) is 67.3. The molecule has 0 unspecified atom stereocenters. The van der Waals surface area contributed by atoms with Gasteiger partial charge < -0.3 is 29.4 Å². The molecule has 0 aliphatic carbocycles. The van der Waals surface area contributed by atoms with Crippen molar-refractivity contribution in [1.29, 1.82) is 0 Å². The van der Waals surface area contributed by atoms with Gasteiger partial charge in [-0.05, 0) is 220 Å². The fourth-order valence-corrected chi connectivity index (χ4v) is 26.2. The van der Waals surface area contributed by atoms with Crippen molar-refractivity contribution in [2.24, 2.45) is 0 Å². The van der Waals surface area contributed by atoms with Crippen LogP contribution in [-0.2, 0) is 72.2 Å². The number of halogens is 6. The second kappa shape index (κ2) is 53.5. The van der Waals surface area contributed by atoms with Gasteiger partial charge in [0.25, 0.3) is 0 Å². The Bertz CT molecular complexity index is 5670. The van der Waals surface area contributed by atoms with Crippen LogP contribution in [-0.4, -0.2) is 102 Å². The van der Waals surface area contributed by atoms with E-state index in [1.807, 2.05) is 81.1 Å². The molecular weight excluding hydrogens is 2160 g/mol. The van der Waals surface area contributed by atoms with Crippen LogP contribution in [0.2, 0.25) is 0 Å². The molecule has 2 N–H and O–H groups in total. The molecule has 0 spiro atoms. The average Bonchev–Trinajstić information content (AvgIpc) is 1.51. The molecule has 140 heavy (non-hydrogen) atoms. The number of aryl methyl sites for hydroxylation is 12. The minimum Gasteiger partial charge on any atom is -0.502 e. The van der Waals surface area contributed by atoms with E-state index in [-0.39, 0.29) is 38.8 Å². The number of aliphatic hydroxyl groups is 2. The van der Waals surface area contributed by atoms with Crippen molar-refractivity contribution >= 4 is 140 Å². The molecule has 764 valence electrons. The number of rotatable bonds is 18. The zero-order chi connectivity index (χ0) is 104. The molecule has 3 aliphatic heterocycles. The number of hydrogen-bond acceptors (Lipinski definition) is 8. The predicted molar refractivity (Wildman–Crippen MR) is 612 cm³/mol. The predicted octanol–water partition coefficient (Wildman–Crippen LogP) is 30.2. The van der Waals surface area contributed by atoms with Crippen LogP contribution in [0.1, 0.15) is 225 Å². The van der Waals surface area contributed by atoms with E-state index in [4.69, 9.17) is 58.1 Å². The van der Waals surface area contributed by atoms with Gasteiger partial charge in [-0.15, -0.1) is 0 Å². The van der Waals surface area contributed by atoms with E-state index in [0.717, 1.165) is 50.6 Å². The van der Waals surface area contributed by atoms with Crippen LogP contribution >= 0.6 is 66.1 Å². The Hall–Kier alpha value is -6.88. The molecule has 3 heterocycles. The van der Waals surface area contributed by atoms with Gasteiger partial charge in [-0.2, -0.15) is 20.0 Å². The maximum absolute atomic E-state index is 12.1. The van der Waals surface area contributed by atoms with Crippen molar-refractivity contribution in [1.82, 2.24) is 4.31 Å². The van der Waals surface area contributed by atoms with Gasteiger partial charge in [0.15, 0.2) is 0 Å². The quantitative estimate of drug-likeness (QED) is 0.0364. The molecule has 22 heteroatoms. The molecule has 14 rings (SSSR count). The number of anilines is 6. The third kappa shape index (κ3) is 35.2. The summed E-state index contributed by atoms with van der Waals surface area (Å²) in [7, 11) is 33.2. The second-order valence-corrected chi connectivity index (χ2v) is 63.5. The summed E-state index contributed by atoms with van der Waals surface area (Å²) in [6.45, 7) is 79.3. The number of sulfonamides is 1. The Kier molecular flexibility index (Phi) is 45.2. The maximum atomic E-state index is 12.1. The Morgan fingerprint density at radius 2 is 0.650 bits per heavy atom. The molecule has 0 atom stereocenters. The Balaban J connectivity index is 0.000000206. The van der Waals surface area contributed by atoms with Gasteiger partial charge in [-0.1, -0.05) is 233 Å². The van der Waals surface area contributed by atoms with Gasteiger partial charge >= 0.3 is 294 Å². The number of para-hydroxylation sites is 1. The van der Waals surface area contributed by atoms with E-state index in [1.54, 1.807) is 22.8 Å². The van der Waals surface area contributed by atoms with Crippen molar-refractivity contribution in [3.8, 4) is 11.5 Å². The third-order valence-electron chi connectivity index (χ3n) is 23.8. The number of ether oxygens (including phenoxy) is 2. The molecule has 0 amide bonds. The summed E-state index contributed by atoms with van der Waals surface area (Å²) in [6, 6.07) is 77.7. The summed E-state index contributed by atoms with van der Waals surface area (Å²) >= 11 is -5.33. The summed E-state index contributed by atoms with van der Waals surface area (Å²) in [5.41, 5.74) is 33.4. The third-order valence-corrected chi connectivity index (χ3v) is 33.8. The van der Waals surface area contributed by atoms with E-state index < -0.39 is 58.5 Å². The summed E-state index contributed by atoms with van der Waals surface area (Å²) in [5.74, 6) is 1.68. The van der Waals surface area contributed by atoms with Crippen molar-refractivity contribution < 1.29 is 58.4 Å². The van der Waals surface area contributed by atoms with Crippen molar-refractivity contribution in [2.45, 2.75) is 246 Å². The molecule has 3 saturated heterocycles. The zero-order valence-corrected chi connectivity index (χ0v) is 100. The van der Waals surface area contributed by atoms with Crippen LogP contribution in [0.5, 0.6) is 11.5 Å². The van der Waals surface area contributed by atoms with Crippen molar-refractivity contribution in [3.63, 3.8) is 0 Å². The van der Waals surface area contributed by atoms with Crippen molar-refractivity contribution in [3.05, 3.63) is 350 Å². The van der Waals surface area contributed by atoms with Crippen LogP contribution < -0.4 is 45.3 Å². The minimum atomic E-state index is -3.48. The van der Waals surface area contributed by atoms with Gasteiger partial charge in [0.1, 0.15) is 15.9 Å². The SMILES string of the molecule is CC(C)(C)c1ccc(C(C)(C)C)c(N2[CH-]N(c3cc(C(C)(C)C)ccc3C(C)(C)C)CC2)c1.CC(C)=C[CH]=[Ru]([Cl])[Cl].CC(C)[OH+]c1ccc(S(=O)(=O)N(C)C)cc1[CH]=[Ru]([Cl])[Cl].CC(C)[OH+]c1ccccc1[CH]=[Ru]([Cl])[Cl].Cc1cc(C)c(N2[CH-]N(c3c(C)cc(C)cc3C)CC2)c(C)c1.Cc1cc(C)c(N2[CH-]N(c3c(C)cc(C)cc3C)CC2)c(C)c1.c1ccc([PH+](c2ccccc2)c2ccccc2)cc1. The normalized spacial score (nSPS) is 13.6. The standard InChI is InChI=1S/C31H47N2.2C21H27N2.C18H15P.C12H17NO3S.C10H12O.C5H8.6ClH.3Ru/c1-28(2,3)22-13-15-24(30(7,8)9)26(19-22)32-17-18-33(21-32)27-20-23(29(4,5)6)14-16-25(27)31(10,11)12;2*1-14-9-16(3)20(17(4)10-14)22-7-8-23(13-22)21-18(5)11-15(2)12-19(21)6;1-4-10-16(11-5-1)19(17-12-6-2-7-13-17)18-14-8-3-9-15-18;1-9(2)16-12-7-6-11(8-10(12)3)17(14,15)13(4)5;1-8(2)11-10-7-5-4-6-9(10)3;1-4-5(2)3;;;;;;;;;/h13-16,19-21H,17-18H2,1-12H3;2*9-13H,7-8H2,1-6H3;1-15H;3,6-9H,1-2,4-5H3;3-8H,1-2H3;1,4H,2-3H3;6*1H;;;/q3*-1;;;;;;;;;;;3*+2/p-3. The summed E-state index contributed by atoms with van der Waals surface area (Å²) < 4.78 is 39.9. The van der Waals surface area contributed by atoms with Crippen LogP contribution in [0.4, 0.5) is 34.1 Å². The summed E-state index contributed by atoms with van der Waals surface area (Å²) in [6.07, 6.45) is 2.35. The van der Waals surface area contributed by atoms with E-state index in [2.05, 4.69) is 401 Å². The van der Waals surface area contributed by atoms with E-state index in [1.165, 1.54) is 163 Å². The second-order valence-electron chi connectivity index (χ2n) is 41.6. The molecule has 0 aromatic heterocycles. The minimum absolute atomic E-state index is 0.0930. The number of hydrogen-bond donors (Lipinski definition) is 0. The molecular formula is C118H156Cl6N7O4PRu3S. The Morgan fingerprint density at radius 1 is 0.364 bits per heavy atom. The molecule has 11 nitrogen and oxygen atoms in total. The number of nitrogens with zero attached hydrogens (tertiary/aromatic N) is 7. The largest absolute Gasteiger partial charge is 0.502 e. The maximum Gasteiger partial charge on any atom is 0.102 e. The first kappa shape index (κ1) is 118. The van der Waals surface area contributed by atoms with Gasteiger partial charge in [0, 0.05) is 73.4 Å². The number of aromatic hydroxyl groups is 2. The topological polar surface area (TPSA) is 82.4 Å². The molecule has 11 aromatic rings. The first-order chi connectivity index (χ1) is 65.4. The van der Waals surface area contributed by atoms with Crippen LogP contribution in [0, 0.1) is 103 Å². The van der Waals surface area contributed by atoms with Crippen molar-refractivity contribution in [2.75, 3.05) is 82.8 Å². The fraction of sp³-hybridized carbons (Fsp3) is 0.373. The molecule has 0 radical (unpaired) electrons. The van der Waals surface area contributed by atoms with Gasteiger partial charge in [-0.3, -0.25) is 0 Å². The Morgan fingerprint density at radius 3 is 0.921 bits per heavy atom. The van der Waals surface area contributed by atoms with E-state index in [0.29, 0.717) is 11.3 Å². The van der Waals surface area contributed by atoms with Crippen LogP contribution in [0.15, 0.2) is 235 Å². The number of benzene rings is 11. The van der Waals surface area contributed by atoms with E-state index >= 15 is 0 Å². The number of allylic oxidation sites excluding steroid dienone is 2. The molecule has 3 fully saturated rings. The summed E-state index contributed by atoms with van der Waals surface area (Å²) in [5, 5.41) is 4.31. The Labute approximate surface area is 885 Å². The summed E-state index contributed by atoms with van der Waals surface area (Å²) in [4.78, 5) is 14.8. The first-order valence-electron chi connectivity index (χ1n) is 47.9. The average molecular weight is 2320 g/mol. The van der Waals surface area contributed by atoms with Gasteiger partial charge in [-0.25, -0.2) is 0 Å². The monoisotopic (exact) mass is 2310 g/mol. The molecule has 3 aliphatic rings. The molecule has 0 bridgehead atoms. The van der Waals surface area contributed by atoms with Gasteiger partial charge in [0.2, 0.25) is 0 Å². The smallest absolute Gasteiger partial charge is 0.102 e. The van der Waals surface area contributed by atoms with Gasteiger partial charge in [0.05, 0.1) is 7.92 Å². The van der Waals surface area contributed by atoms with E-state index in [9.17, 15) is 8.42 Å². The molecule has 0 saturated carbocycles. The molecule has 11 aromatic carbocycles.